The third kappa shape index (κ3) is 4.06. The molecule has 4 nitrogen and oxygen atoms in total. The number of rotatable bonds is 3. The van der Waals surface area contributed by atoms with E-state index in [1.165, 1.54) is 0 Å². The van der Waals surface area contributed by atoms with Gasteiger partial charge in [-0.1, -0.05) is 0 Å². The highest BCUT2D eigenvalue weighted by Crippen LogP contribution is 2.16. The predicted octanol–water partition coefficient (Wildman–Crippen LogP) is 1.08. The van der Waals surface area contributed by atoms with E-state index in [0.29, 0.717) is 18.7 Å². The minimum atomic E-state index is -0.345. The van der Waals surface area contributed by atoms with Gasteiger partial charge in [0.2, 0.25) is 0 Å². The van der Waals surface area contributed by atoms with Crippen molar-refractivity contribution in [1.29, 1.82) is 0 Å². The van der Waals surface area contributed by atoms with Gasteiger partial charge in [-0.05, 0) is 28.7 Å². The largest absolute Gasteiger partial charge is 0.391 e. The number of halogens is 2. The molecule has 7 heteroatoms. The Labute approximate surface area is 124 Å². The SMILES string of the molecule is Cl.O=C(NCC1CNCC1O)c1csc(I)c1. The van der Waals surface area contributed by atoms with Gasteiger partial charge in [0.1, 0.15) is 0 Å². The molecule has 2 unspecified atom stereocenters. The standard InChI is InChI=1S/C10H13IN2O2S.ClH/c11-9-1-6(5-16-9)10(15)13-3-7-2-12-4-8(7)14;/h1,5,7-8,12,14H,2-4H2,(H,13,15);1H. The first-order valence-electron chi connectivity index (χ1n) is 5.08. The lowest BCUT2D eigenvalue weighted by molar-refractivity contribution is 0.0927. The number of aliphatic hydroxyl groups excluding tert-OH is 1. The molecule has 0 saturated carbocycles. The van der Waals surface area contributed by atoms with Crippen LogP contribution in [0.25, 0.3) is 0 Å². The highest BCUT2D eigenvalue weighted by Gasteiger charge is 2.25. The summed E-state index contributed by atoms with van der Waals surface area (Å²) in [6.07, 6.45) is -0.345. The fourth-order valence-electron chi connectivity index (χ4n) is 1.68. The fraction of sp³-hybridized carbons (Fsp3) is 0.500. The van der Waals surface area contributed by atoms with Crippen molar-refractivity contribution in [2.75, 3.05) is 19.6 Å². The molecule has 1 aliphatic heterocycles. The molecule has 3 N–H and O–H groups in total. The molecule has 2 atom stereocenters. The van der Waals surface area contributed by atoms with Gasteiger partial charge in [-0.15, -0.1) is 23.7 Å². The van der Waals surface area contributed by atoms with E-state index in [-0.39, 0.29) is 30.3 Å². The number of hydrogen-bond acceptors (Lipinski definition) is 4. The number of amides is 1. The zero-order valence-corrected chi connectivity index (χ0v) is 12.8. The first-order chi connectivity index (χ1) is 7.66. The molecule has 2 rings (SSSR count). The Bertz CT molecular complexity index is 388. The number of carbonyl (C=O) groups is 1. The average molecular weight is 389 g/mol. The number of nitrogens with one attached hydrogen (secondary N) is 2. The molecule has 0 aliphatic carbocycles. The van der Waals surface area contributed by atoms with Crippen molar-refractivity contribution >= 4 is 52.2 Å². The van der Waals surface area contributed by atoms with E-state index < -0.39 is 0 Å². The van der Waals surface area contributed by atoms with Crippen molar-refractivity contribution in [2.45, 2.75) is 6.10 Å². The van der Waals surface area contributed by atoms with Crippen LogP contribution in [0.4, 0.5) is 0 Å². The molecule has 0 radical (unpaired) electrons. The maximum atomic E-state index is 11.7. The molecule has 1 aromatic heterocycles. The third-order valence-electron chi connectivity index (χ3n) is 2.66. The molecule has 1 saturated heterocycles. The molecule has 0 aromatic carbocycles. The van der Waals surface area contributed by atoms with Crippen molar-refractivity contribution in [2.24, 2.45) is 5.92 Å². The molecule has 17 heavy (non-hydrogen) atoms. The smallest absolute Gasteiger partial charge is 0.252 e. The molecule has 0 spiro atoms. The van der Waals surface area contributed by atoms with Crippen LogP contribution in [0.5, 0.6) is 0 Å². The first-order valence-corrected chi connectivity index (χ1v) is 7.03. The lowest BCUT2D eigenvalue weighted by Crippen LogP contribution is -2.34. The Hall–Kier alpha value is 0.110. The van der Waals surface area contributed by atoms with Crippen LogP contribution >= 0.6 is 46.3 Å². The lowest BCUT2D eigenvalue weighted by atomic mass is 10.1. The first kappa shape index (κ1) is 15.2. The highest BCUT2D eigenvalue weighted by atomic mass is 127. The van der Waals surface area contributed by atoms with E-state index >= 15 is 0 Å². The van der Waals surface area contributed by atoms with Gasteiger partial charge < -0.3 is 15.7 Å². The van der Waals surface area contributed by atoms with Crippen LogP contribution in [0.2, 0.25) is 0 Å². The van der Waals surface area contributed by atoms with Crippen LogP contribution in [-0.2, 0) is 0 Å². The van der Waals surface area contributed by atoms with Crippen LogP contribution in [-0.4, -0.2) is 36.8 Å². The summed E-state index contributed by atoms with van der Waals surface area (Å²) in [5, 5.41) is 17.3. The Morgan fingerprint density at radius 1 is 1.65 bits per heavy atom. The van der Waals surface area contributed by atoms with Crippen LogP contribution in [0.15, 0.2) is 11.4 Å². The van der Waals surface area contributed by atoms with Crippen LogP contribution in [0, 0.1) is 8.80 Å². The summed E-state index contributed by atoms with van der Waals surface area (Å²) in [7, 11) is 0. The third-order valence-corrected chi connectivity index (χ3v) is 4.45. The summed E-state index contributed by atoms with van der Waals surface area (Å²) in [4.78, 5) is 11.7. The molecular weight excluding hydrogens is 375 g/mol. The number of β-amino-alcohol motifs (C(OH)–C–C–N with tert-alkyl or cyclic N) is 1. The highest BCUT2D eigenvalue weighted by molar-refractivity contribution is 14.1. The second-order valence-electron chi connectivity index (χ2n) is 3.84. The molecule has 96 valence electrons. The van der Waals surface area contributed by atoms with Gasteiger partial charge in [0.05, 0.1) is 14.6 Å². The normalized spacial score (nSPS) is 23.2. The lowest BCUT2D eigenvalue weighted by Gasteiger charge is -2.13. The Kier molecular flexibility index (Phi) is 6.14. The quantitative estimate of drug-likeness (QED) is 0.679. The van der Waals surface area contributed by atoms with Crippen LogP contribution in [0.1, 0.15) is 10.4 Å². The second kappa shape index (κ2) is 6.89. The van der Waals surface area contributed by atoms with E-state index in [4.69, 9.17) is 0 Å². The van der Waals surface area contributed by atoms with Gasteiger partial charge in [0.25, 0.3) is 5.91 Å². The topological polar surface area (TPSA) is 61.4 Å². The maximum Gasteiger partial charge on any atom is 0.252 e. The number of aliphatic hydroxyl groups is 1. The van der Waals surface area contributed by atoms with Crippen molar-refractivity contribution in [1.82, 2.24) is 10.6 Å². The minimum absolute atomic E-state index is 0. The van der Waals surface area contributed by atoms with Gasteiger partial charge in [0, 0.05) is 30.9 Å². The summed E-state index contributed by atoms with van der Waals surface area (Å²) in [6, 6.07) is 1.86. The average Bonchev–Trinajstić information content (AvgIpc) is 2.84. The van der Waals surface area contributed by atoms with Gasteiger partial charge in [0.15, 0.2) is 0 Å². The van der Waals surface area contributed by atoms with Crippen molar-refractivity contribution < 1.29 is 9.90 Å². The number of carbonyl (C=O) groups excluding carboxylic acids is 1. The Morgan fingerprint density at radius 2 is 2.41 bits per heavy atom. The Morgan fingerprint density at radius 3 is 2.94 bits per heavy atom. The summed E-state index contributed by atoms with van der Waals surface area (Å²) >= 11 is 3.75. The van der Waals surface area contributed by atoms with E-state index in [1.54, 1.807) is 11.3 Å². The molecule has 2 heterocycles. The molecule has 1 aromatic rings. The zero-order valence-electron chi connectivity index (χ0n) is 8.98. The zero-order chi connectivity index (χ0) is 11.5. The summed E-state index contributed by atoms with van der Waals surface area (Å²) in [5.41, 5.74) is 0.704. The second-order valence-corrected chi connectivity index (χ2v) is 6.64. The van der Waals surface area contributed by atoms with Gasteiger partial charge >= 0.3 is 0 Å². The van der Waals surface area contributed by atoms with Crippen LogP contribution < -0.4 is 10.6 Å². The summed E-state index contributed by atoms with van der Waals surface area (Å²) in [5.74, 6) is 0.0694. The van der Waals surface area contributed by atoms with E-state index in [1.807, 2.05) is 11.4 Å². The molecule has 1 aliphatic rings. The van der Waals surface area contributed by atoms with Crippen molar-refractivity contribution in [3.05, 3.63) is 19.9 Å². The minimum Gasteiger partial charge on any atom is -0.391 e. The van der Waals surface area contributed by atoms with Gasteiger partial charge in [-0.2, -0.15) is 0 Å². The predicted molar refractivity (Wildman–Crippen MR) is 79.0 cm³/mol. The van der Waals surface area contributed by atoms with Crippen molar-refractivity contribution in [3.8, 4) is 0 Å². The van der Waals surface area contributed by atoms with Gasteiger partial charge in [-0.3, -0.25) is 4.79 Å². The summed E-state index contributed by atoms with van der Waals surface area (Å²) < 4.78 is 1.10. The van der Waals surface area contributed by atoms with E-state index in [9.17, 15) is 9.90 Å². The maximum absolute atomic E-state index is 11.7. The summed E-state index contributed by atoms with van der Waals surface area (Å²) in [6.45, 7) is 1.92. The molecule has 1 amide bonds. The monoisotopic (exact) mass is 388 g/mol. The van der Waals surface area contributed by atoms with E-state index in [0.717, 1.165) is 9.43 Å². The number of thiophene rings is 1. The Balaban J connectivity index is 0.00000144. The van der Waals surface area contributed by atoms with E-state index in [2.05, 4.69) is 33.2 Å². The van der Waals surface area contributed by atoms with Crippen LogP contribution in [0.3, 0.4) is 0 Å². The molecule has 0 bridgehead atoms. The number of hydrogen-bond donors (Lipinski definition) is 3. The fourth-order valence-corrected chi connectivity index (χ4v) is 3.01. The molecule has 1 fully saturated rings. The van der Waals surface area contributed by atoms with Crippen molar-refractivity contribution in [3.63, 3.8) is 0 Å². The van der Waals surface area contributed by atoms with Gasteiger partial charge in [-0.25, -0.2) is 0 Å². The molecular formula is C10H14ClIN2O2S.